The summed E-state index contributed by atoms with van der Waals surface area (Å²) in [4.78, 5) is 57.1. The van der Waals surface area contributed by atoms with Gasteiger partial charge in [-0.3, -0.25) is 18.7 Å². The van der Waals surface area contributed by atoms with Crippen LogP contribution < -0.4 is 15.0 Å². The lowest BCUT2D eigenvalue weighted by atomic mass is 10.00. The highest BCUT2D eigenvalue weighted by molar-refractivity contribution is 7.86. The minimum absolute atomic E-state index is 0.121. The number of methoxy groups -OCH3 is 1. The van der Waals surface area contributed by atoms with Gasteiger partial charge in [0.2, 0.25) is 0 Å². The third-order valence-corrected chi connectivity index (χ3v) is 9.92. The number of allylic oxidation sites excluding steroid dienone is 1. The molecule has 2 fully saturated rings. The van der Waals surface area contributed by atoms with Gasteiger partial charge in [-0.05, 0) is 62.1 Å². The van der Waals surface area contributed by atoms with Gasteiger partial charge in [0.1, 0.15) is 28.5 Å². The van der Waals surface area contributed by atoms with Crippen LogP contribution in [0.2, 0.25) is 0 Å². The molecular formula is C37H37N3O8S. The Balaban J connectivity index is 1.38. The highest BCUT2D eigenvalue weighted by atomic mass is 32.2. The van der Waals surface area contributed by atoms with E-state index >= 15 is 0 Å². The Hall–Kier alpha value is -5.23. The van der Waals surface area contributed by atoms with Crippen molar-refractivity contribution in [1.82, 2.24) is 10.2 Å². The smallest absolute Gasteiger partial charge is 0.408 e. The van der Waals surface area contributed by atoms with E-state index in [0.717, 1.165) is 4.90 Å². The fraction of sp³-hybridized carbons (Fsp3) is 0.297. The van der Waals surface area contributed by atoms with Gasteiger partial charge in [0.05, 0.1) is 29.3 Å². The number of fused-ring (bicyclic) bond motifs is 1. The van der Waals surface area contributed by atoms with Crippen LogP contribution in [-0.2, 0) is 34.7 Å². The Bertz CT molecular complexity index is 1830. The highest BCUT2D eigenvalue weighted by Crippen LogP contribution is 2.39. The van der Waals surface area contributed by atoms with Crippen LogP contribution in [0.15, 0.2) is 108 Å². The summed E-state index contributed by atoms with van der Waals surface area (Å²) in [5.41, 5.74) is 1.67. The van der Waals surface area contributed by atoms with Gasteiger partial charge < -0.3 is 24.4 Å². The molecule has 0 bridgehead atoms. The summed E-state index contributed by atoms with van der Waals surface area (Å²) >= 11 is 0. The highest BCUT2D eigenvalue weighted by Gasteiger charge is 2.58. The Morgan fingerprint density at radius 2 is 1.55 bits per heavy atom. The number of hydrogen-bond donors (Lipinski definition) is 1. The molecule has 3 amide bonds. The maximum absolute atomic E-state index is 14.3. The van der Waals surface area contributed by atoms with E-state index in [1.54, 1.807) is 49.9 Å². The molecule has 6 rings (SSSR count). The average molecular weight is 684 g/mol. The molecule has 254 valence electrons. The summed E-state index contributed by atoms with van der Waals surface area (Å²) in [5.74, 6) is -1.40. The molecule has 11 nitrogen and oxygen atoms in total. The maximum Gasteiger partial charge on any atom is 0.408 e. The molecule has 3 atom stereocenters. The SMILES string of the molecule is COc1ccccc1N1CC/C(=C\C2=C(C(=O)OC(c3ccccc3)c3ccccc3)N3C(=O)C(NC(=O)OC(C)(C)C)C3S(=O)C2)C1=O. The van der Waals surface area contributed by atoms with Crippen molar-refractivity contribution in [2.45, 2.75) is 50.3 Å². The molecule has 3 aromatic carbocycles. The molecule has 0 radical (unpaired) electrons. The fourth-order valence-corrected chi connectivity index (χ4v) is 7.76. The minimum atomic E-state index is -1.75. The number of benzene rings is 3. The zero-order chi connectivity index (χ0) is 34.9. The Kier molecular flexibility index (Phi) is 9.42. The number of ether oxygens (including phenoxy) is 3. The Morgan fingerprint density at radius 1 is 0.939 bits per heavy atom. The molecule has 3 aromatic rings. The first-order valence-corrected chi connectivity index (χ1v) is 17.2. The average Bonchev–Trinajstić information content (AvgIpc) is 3.44. The van der Waals surface area contributed by atoms with Gasteiger partial charge in [0, 0.05) is 12.1 Å². The standard InChI is InChI=1S/C37H37N3O8S/c1-37(2,3)48-36(44)38-29-33(42)40-30(35(43)47-31(23-13-7-5-8-14-23)24-15-9-6-10-16-24)26(22-49(45)34(29)40)21-25-19-20-39(32(25)41)27-17-11-12-18-28(27)46-4/h5-18,21,29,31,34H,19-20,22H2,1-4H3,(H,38,44)/b25-21+. The number of nitrogens with one attached hydrogen (secondary N) is 1. The molecule has 49 heavy (non-hydrogen) atoms. The van der Waals surface area contributed by atoms with E-state index in [-0.39, 0.29) is 22.9 Å². The van der Waals surface area contributed by atoms with Crippen LogP contribution in [0, 0.1) is 0 Å². The zero-order valence-corrected chi connectivity index (χ0v) is 28.4. The van der Waals surface area contributed by atoms with Crippen LogP contribution in [0.1, 0.15) is 44.4 Å². The van der Waals surface area contributed by atoms with Crippen LogP contribution in [-0.4, -0.2) is 69.4 Å². The van der Waals surface area contributed by atoms with Gasteiger partial charge >= 0.3 is 12.1 Å². The van der Waals surface area contributed by atoms with Crippen molar-refractivity contribution in [3.63, 3.8) is 0 Å². The van der Waals surface area contributed by atoms with E-state index in [9.17, 15) is 23.4 Å². The number of alkyl carbamates (subject to hydrolysis) is 1. The lowest BCUT2D eigenvalue weighted by Gasteiger charge is -2.49. The van der Waals surface area contributed by atoms with Crippen molar-refractivity contribution >= 4 is 40.4 Å². The summed E-state index contributed by atoms with van der Waals surface area (Å²) in [7, 11) is -0.224. The molecule has 12 heteroatoms. The normalized spacial score (nSPS) is 21.4. The molecule has 2 saturated heterocycles. The van der Waals surface area contributed by atoms with E-state index in [0.29, 0.717) is 41.1 Å². The van der Waals surface area contributed by atoms with Gasteiger partial charge in [-0.15, -0.1) is 0 Å². The first-order chi connectivity index (χ1) is 23.5. The Morgan fingerprint density at radius 3 is 2.16 bits per heavy atom. The summed E-state index contributed by atoms with van der Waals surface area (Å²) in [6.07, 6.45) is 0.212. The third kappa shape index (κ3) is 6.86. The number of carbonyl (C=O) groups is 4. The Labute approximate surface area is 287 Å². The van der Waals surface area contributed by atoms with Gasteiger partial charge in [-0.2, -0.15) is 0 Å². The zero-order valence-electron chi connectivity index (χ0n) is 27.6. The molecule has 0 spiro atoms. The van der Waals surface area contributed by atoms with E-state index in [1.165, 1.54) is 7.11 Å². The lowest BCUT2D eigenvalue weighted by molar-refractivity contribution is -0.153. The van der Waals surface area contributed by atoms with Crippen molar-refractivity contribution < 1.29 is 37.6 Å². The predicted molar refractivity (Wildman–Crippen MR) is 183 cm³/mol. The van der Waals surface area contributed by atoms with Crippen molar-refractivity contribution in [2.75, 3.05) is 24.3 Å². The topological polar surface area (TPSA) is 132 Å². The van der Waals surface area contributed by atoms with Gasteiger partial charge in [0.15, 0.2) is 6.10 Å². The lowest BCUT2D eigenvalue weighted by Crippen LogP contribution is -2.73. The summed E-state index contributed by atoms with van der Waals surface area (Å²) in [6, 6.07) is 24.3. The number of esters is 1. The second kappa shape index (κ2) is 13.7. The quantitative estimate of drug-likeness (QED) is 0.204. The van der Waals surface area contributed by atoms with Gasteiger partial charge in [-0.1, -0.05) is 72.8 Å². The molecule has 3 heterocycles. The van der Waals surface area contributed by atoms with Crippen LogP contribution in [0.25, 0.3) is 0 Å². The number of rotatable bonds is 8. The first-order valence-electron chi connectivity index (χ1n) is 15.9. The molecule has 3 aliphatic heterocycles. The van der Waals surface area contributed by atoms with Crippen molar-refractivity contribution in [3.8, 4) is 5.75 Å². The van der Waals surface area contributed by atoms with E-state index in [1.807, 2.05) is 66.7 Å². The number of nitrogens with zero attached hydrogens (tertiary/aromatic N) is 2. The third-order valence-electron chi connectivity index (χ3n) is 8.30. The molecule has 0 saturated carbocycles. The second-order valence-electron chi connectivity index (χ2n) is 12.8. The van der Waals surface area contributed by atoms with Crippen LogP contribution in [0.4, 0.5) is 10.5 Å². The number of amides is 3. The molecule has 0 aliphatic carbocycles. The largest absolute Gasteiger partial charge is 0.495 e. The summed E-state index contributed by atoms with van der Waals surface area (Å²) in [5, 5.41) is 1.49. The summed E-state index contributed by atoms with van der Waals surface area (Å²) in [6.45, 7) is 5.42. The van der Waals surface area contributed by atoms with E-state index < -0.39 is 51.9 Å². The van der Waals surface area contributed by atoms with Crippen LogP contribution in [0.3, 0.4) is 0 Å². The van der Waals surface area contributed by atoms with Crippen molar-refractivity contribution in [2.24, 2.45) is 0 Å². The molecule has 3 unspecified atom stereocenters. The molecule has 0 aromatic heterocycles. The number of anilines is 1. The van der Waals surface area contributed by atoms with Gasteiger partial charge in [0.25, 0.3) is 11.8 Å². The number of hydrogen-bond acceptors (Lipinski definition) is 8. The maximum atomic E-state index is 14.3. The minimum Gasteiger partial charge on any atom is -0.495 e. The molecule has 3 aliphatic rings. The van der Waals surface area contributed by atoms with Gasteiger partial charge in [-0.25, -0.2) is 9.59 Å². The van der Waals surface area contributed by atoms with Crippen LogP contribution in [0.5, 0.6) is 5.75 Å². The predicted octanol–water partition coefficient (Wildman–Crippen LogP) is 4.77. The van der Waals surface area contributed by atoms with Crippen LogP contribution >= 0.6 is 0 Å². The van der Waals surface area contributed by atoms with Crippen molar-refractivity contribution in [1.29, 1.82) is 0 Å². The number of para-hydroxylation sites is 2. The monoisotopic (exact) mass is 683 g/mol. The van der Waals surface area contributed by atoms with E-state index in [2.05, 4.69) is 5.32 Å². The summed E-state index contributed by atoms with van der Waals surface area (Å²) < 4.78 is 30.7. The second-order valence-corrected chi connectivity index (χ2v) is 14.3. The fourth-order valence-electron chi connectivity index (χ4n) is 6.13. The van der Waals surface area contributed by atoms with Crippen molar-refractivity contribution in [3.05, 3.63) is 119 Å². The van der Waals surface area contributed by atoms with E-state index in [4.69, 9.17) is 14.2 Å². The number of carbonyl (C=O) groups excluding carboxylic acids is 4. The molecular weight excluding hydrogens is 646 g/mol. The first kappa shape index (κ1) is 33.7. The molecule has 1 N–H and O–H groups in total. The number of β-lactam (4-membered cyclic amide) rings is 1.